The van der Waals surface area contributed by atoms with Crippen molar-refractivity contribution < 1.29 is 9.90 Å². The first-order valence-corrected chi connectivity index (χ1v) is 6.53. The largest absolute Gasteiger partial charge is 0.465 e. The van der Waals surface area contributed by atoms with Gasteiger partial charge in [-0.05, 0) is 43.5 Å². The predicted molar refractivity (Wildman–Crippen MR) is 74.0 cm³/mol. The highest BCUT2D eigenvalue weighted by Gasteiger charge is 2.28. The number of nitrogens with two attached hydrogens (primary N) is 1. The highest BCUT2D eigenvalue weighted by atomic mass is 16.4. The molecule has 4 N–H and O–H groups in total. The van der Waals surface area contributed by atoms with Gasteiger partial charge in [0.15, 0.2) is 0 Å². The second-order valence-electron chi connectivity index (χ2n) is 5.06. The first kappa shape index (κ1) is 11.9. The minimum absolute atomic E-state index is 0.0696. The summed E-state index contributed by atoms with van der Waals surface area (Å²) in [5.74, 6) is 0. The zero-order chi connectivity index (χ0) is 13.4. The molecule has 0 bridgehead atoms. The van der Waals surface area contributed by atoms with Crippen molar-refractivity contribution in [2.45, 2.75) is 25.3 Å². The Bertz CT molecular complexity index is 620. The van der Waals surface area contributed by atoms with Crippen molar-refractivity contribution in [3.05, 3.63) is 30.0 Å². The van der Waals surface area contributed by atoms with Gasteiger partial charge in [-0.25, -0.2) is 4.79 Å². The molecule has 1 aromatic carbocycles. The van der Waals surface area contributed by atoms with E-state index < -0.39 is 6.09 Å². The Kier molecular flexibility index (Phi) is 2.81. The van der Waals surface area contributed by atoms with Gasteiger partial charge in [0.2, 0.25) is 0 Å². The Labute approximate surface area is 111 Å². The standard InChI is InChI=1S/C14H17N3O2/c15-10-4-5-11-9(7-10)8-12(16-11)13-3-1-2-6-17(13)14(18)19/h4-5,7-8,13,16H,1-3,6,15H2,(H,18,19). The van der Waals surface area contributed by atoms with Crippen molar-refractivity contribution in [1.29, 1.82) is 0 Å². The summed E-state index contributed by atoms with van der Waals surface area (Å²) < 4.78 is 0. The fraction of sp³-hybridized carbons (Fsp3) is 0.357. The molecular weight excluding hydrogens is 242 g/mol. The average Bonchev–Trinajstić information content (AvgIpc) is 2.81. The van der Waals surface area contributed by atoms with E-state index in [2.05, 4.69) is 4.98 Å². The molecule has 5 nitrogen and oxygen atoms in total. The van der Waals surface area contributed by atoms with E-state index in [4.69, 9.17) is 5.73 Å². The van der Waals surface area contributed by atoms with Gasteiger partial charge in [0.25, 0.3) is 0 Å². The topological polar surface area (TPSA) is 82.4 Å². The van der Waals surface area contributed by atoms with Gasteiger partial charge in [0.1, 0.15) is 0 Å². The minimum Gasteiger partial charge on any atom is -0.465 e. The van der Waals surface area contributed by atoms with E-state index in [1.165, 1.54) is 4.90 Å². The zero-order valence-corrected chi connectivity index (χ0v) is 10.6. The van der Waals surface area contributed by atoms with Gasteiger partial charge in [-0.1, -0.05) is 0 Å². The predicted octanol–water partition coefficient (Wildman–Crippen LogP) is 2.96. The third-order valence-corrected chi connectivity index (χ3v) is 3.77. The third-order valence-electron chi connectivity index (χ3n) is 3.77. The number of anilines is 1. The number of aromatic amines is 1. The van der Waals surface area contributed by atoms with E-state index in [1.54, 1.807) is 0 Å². The number of carbonyl (C=O) groups is 1. The number of fused-ring (bicyclic) bond motifs is 1. The number of hydrogen-bond acceptors (Lipinski definition) is 2. The molecule has 1 aliphatic rings. The summed E-state index contributed by atoms with van der Waals surface area (Å²) in [4.78, 5) is 16.1. The molecule has 3 rings (SSSR count). The van der Waals surface area contributed by atoms with Gasteiger partial charge >= 0.3 is 6.09 Å². The lowest BCUT2D eigenvalue weighted by atomic mass is 10.00. The third kappa shape index (κ3) is 2.12. The molecule has 1 fully saturated rings. The van der Waals surface area contributed by atoms with Crippen LogP contribution < -0.4 is 5.73 Å². The van der Waals surface area contributed by atoms with E-state index in [-0.39, 0.29) is 6.04 Å². The van der Waals surface area contributed by atoms with Crippen molar-refractivity contribution in [3.8, 4) is 0 Å². The molecule has 0 radical (unpaired) electrons. The second kappa shape index (κ2) is 4.50. The second-order valence-corrected chi connectivity index (χ2v) is 5.06. The maximum absolute atomic E-state index is 11.3. The molecule has 0 saturated carbocycles. The molecule has 0 aliphatic carbocycles. The maximum atomic E-state index is 11.3. The summed E-state index contributed by atoms with van der Waals surface area (Å²) in [5, 5.41) is 10.3. The summed E-state index contributed by atoms with van der Waals surface area (Å²) in [6.07, 6.45) is 2.03. The molecule has 0 spiro atoms. The summed E-state index contributed by atoms with van der Waals surface area (Å²) in [6.45, 7) is 0.609. The van der Waals surface area contributed by atoms with Crippen molar-refractivity contribution in [3.63, 3.8) is 0 Å². The number of nitrogens with one attached hydrogen (secondary N) is 1. The van der Waals surface area contributed by atoms with Crippen LogP contribution in [0.4, 0.5) is 10.5 Å². The van der Waals surface area contributed by atoms with Crippen molar-refractivity contribution in [1.82, 2.24) is 9.88 Å². The van der Waals surface area contributed by atoms with E-state index in [1.807, 2.05) is 24.3 Å². The van der Waals surface area contributed by atoms with Gasteiger partial charge in [-0.2, -0.15) is 0 Å². The number of likely N-dealkylation sites (tertiary alicyclic amines) is 1. The van der Waals surface area contributed by atoms with E-state index in [0.29, 0.717) is 6.54 Å². The number of H-pyrrole nitrogens is 1. The summed E-state index contributed by atoms with van der Waals surface area (Å²) >= 11 is 0. The molecule has 1 saturated heterocycles. The van der Waals surface area contributed by atoms with Crippen LogP contribution in [0.5, 0.6) is 0 Å². The Morgan fingerprint density at radius 3 is 3.00 bits per heavy atom. The van der Waals surface area contributed by atoms with Gasteiger partial charge in [0.05, 0.1) is 6.04 Å². The summed E-state index contributed by atoms with van der Waals surface area (Å²) in [6, 6.07) is 7.63. The number of amides is 1. The van der Waals surface area contributed by atoms with Crippen molar-refractivity contribution in [2.75, 3.05) is 12.3 Å². The lowest BCUT2D eigenvalue weighted by Gasteiger charge is -2.32. The highest BCUT2D eigenvalue weighted by molar-refractivity contribution is 5.83. The lowest BCUT2D eigenvalue weighted by molar-refractivity contribution is 0.105. The fourth-order valence-corrected chi connectivity index (χ4v) is 2.84. The van der Waals surface area contributed by atoms with Gasteiger partial charge < -0.3 is 15.8 Å². The molecule has 5 heteroatoms. The Balaban J connectivity index is 1.99. The van der Waals surface area contributed by atoms with Crippen LogP contribution in [0.25, 0.3) is 10.9 Å². The number of rotatable bonds is 1. The normalized spacial score (nSPS) is 19.8. The number of nitrogens with zero attached hydrogens (tertiary/aromatic N) is 1. The lowest BCUT2D eigenvalue weighted by Crippen LogP contribution is -2.37. The van der Waals surface area contributed by atoms with Crippen LogP contribution in [0.15, 0.2) is 24.3 Å². The van der Waals surface area contributed by atoms with E-state index >= 15 is 0 Å². The van der Waals surface area contributed by atoms with Crippen LogP contribution in [0, 0.1) is 0 Å². The number of benzene rings is 1. The zero-order valence-electron chi connectivity index (χ0n) is 10.6. The van der Waals surface area contributed by atoms with Gasteiger partial charge in [0, 0.05) is 28.8 Å². The highest BCUT2D eigenvalue weighted by Crippen LogP contribution is 2.32. The average molecular weight is 259 g/mol. The molecule has 1 atom stereocenters. The van der Waals surface area contributed by atoms with Crippen LogP contribution >= 0.6 is 0 Å². The first-order valence-electron chi connectivity index (χ1n) is 6.53. The number of nitrogen functional groups attached to an aromatic ring is 1. The smallest absolute Gasteiger partial charge is 0.407 e. The number of aromatic nitrogens is 1. The number of piperidine rings is 1. The Morgan fingerprint density at radius 2 is 2.21 bits per heavy atom. The Morgan fingerprint density at radius 1 is 1.37 bits per heavy atom. The number of carboxylic acid groups (broad SMARTS) is 1. The summed E-state index contributed by atoms with van der Waals surface area (Å²) in [7, 11) is 0. The molecule has 2 aromatic rings. The Hall–Kier alpha value is -2.17. The quantitative estimate of drug-likeness (QED) is 0.688. The van der Waals surface area contributed by atoms with E-state index in [0.717, 1.165) is 41.5 Å². The van der Waals surface area contributed by atoms with E-state index in [9.17, 15) is 9.90 Å². The fourth-order valence-electron chi connectivity index (χ4n) is 2.84. The molecule has 2 heterocycles. The molecule has 100 valence electrons. The molecule has 1 amide bonds. The van der Waals surface area contributed by atoms with Crippen molar-refractivity contribution >= 4 is 22.7 Å². The van der Waals surface area contributed by atoms with Crippen molar-refractivity contribution in [2.24, 2.45) is 0 Å². The maximum Gasteiger partial charge on any atom is 0.407 e. The van der Waals surface area contributed by atoms with Gasteiger partial charge in [-0.3, -0.25) is 4.90 Å². The van der Waals surface area contributed by atoms with Crippen LogP contribution in [0.2, 0.25) is 0 Å². The van der Waals surface area contributed by atoms with Crippen LogP contribution in [0.3, 0.4) is 0 Å². The van der Waals surface area contributed by atoms with Crippen LogP contribution in [-0.2, 0) is 0 Å². The summed E-state index contributed by atoms with van der Waals surface area (Å²) in [5.41, 5.74) is 8.45. The molecule has 1 aliphatic heterocycles. The molecule has 1 unspecified atom stereocenters. The molecular formula is C14H17N3O2. The minimum atomic E-state index is -0.845. The van der Waals surface area contributed by atoms with Gasteiger partial charge in [-0.15, -0.1) is 0 Å². The molecule has 1 aromatic heterocycles. The molecule has 19 heavy (non-hydrogen) atoms. The van der Waals surface area contributed by atoms with Crippen LogP contribution in [-0.4, -0.2) is 27.6 Å². The number of hydrogen-bond donors (Lipinski definition) is 3. The monoisotopic (exact) mass is 259 g/mol. The SMILES string of the molecule is Nc1ccc2[nH]c(C3CCCCN3C(=O)O)cc2c1. The van der Waals surface area contributed by atoms with Crippen LogP contribution in [0.1, 0.15) is 31.0 Å². The first-order chi connectivity index (χ1) is 9.15.